The van der Waals surface area contributed by atoms with Crippen LogP contribution in [0.25, 0.3) is 10.8 Å². The molecule has 4 rings (SSSR count). The van der Waals surface area contributed by atoms with Gasteiger partial charge >= 0.3 is 0 Å². The van der Waals surface area contributed by atoms with Crippen LogP contribution in [-0.4, -0.2) is 23.5 Å². The molecule has 0 aliphatic carbocycles. The third-order valence-corrected chi connectivity index (χ3v) is 5.42. The first-order chi connectivity index (χ1) is 13.0. The zero-order valence-corrected chi connectivity index (χ0v) is 15.1. The molecule has 27 heavy (non-hydrogen) atoms. The van der Waals surface area contributed by atoms with E-state index in [-0.39, 0.29) is 24.1 Å². The van der Waals surface area contributed by atoms with Gasteiger partial charge in [0.2, 0.25) is 0 Å². The van der Waals surface area contributed by atoms with Crippen LogP contribution >= 0.6 is 0 Å². The number of ether oxygens (including phenoxy) is 1. The highest BCUT2D eigenvalue weighted by Crippen LogP contribution is 2.37. The van der Waals surface area contributed by atoms with Gasteiger partial charge in [-0.3, -0.25) is 9.69 Å². The maximum absolute atomic E-state index is 14.0. The Bertz CT molecular complexity index is 1050. The second-order valence-electron chi connectivity index (χ2n) is 6.94. The zero-order chi connectivity index (χ0) is 19.1. The van der Waals surface area contributed by atoms with Crippen molar-refractivity contribution in [1.29, 1.82) is 0 Å². The summed E-state index contributed by atoms with van der Waals surface area (Å²) < 4.78 is 33.4. The smallest absolute Gasteiger partial charge is 0.256 e. The van der Waals surface area contributed by atoms with Gasteiger partial charge in [0.05, 0.1) is 24.6 Å². The Hall–Kier alpha value is -2.57. The molecule has 4 nitrogen and oxygen atoms in total. The molecular weight excluding hydrogens is 350 g/mol. The number of aromatic amines is 1. The van der Waals surface area contributed by atoms with Crippen molar-refractivity contribution in [3.05, 3.63) is 81.3 Å². The van der Waals surface area contributed by atoms with E-state index in [4.69, 9.17) is 4.74 Å². The number of likely N-dealkylation sites (N-methyl/N-ethyl adjacent to an activating group) is 1. The van der Waals surface area contributed by atoms with E-state index in [2.05, 4.69) is 16.8 Å². The van der Waals surface area contributed by atoms with Crippen molar-refractivity contribution in [3.63, 3.8) is 0 Å². The molecule has 1 unspecified atom stereocenters. The molecular formula is C21H20F2N2O2. The topological polar surface area (TPSA) is 45.3 Å². The Balaban J connectivity index is 1.86. The Kier molecular flexibility index (Phi) is 4.53. The van der Waals surface area contributed by atoms with Crippen molar-refractivity contribution >= 4 is 10.8 Å². The first-order valence-corrected chi connectivity index (χ1v) is 8.85. The van der Waals surface area contributed by atoms with E-state index >= 15 is 0 Å². The number of halogens is 2. The molecule has 0 radical (unpaired) electrons. The van der Waals surface area contributed by atoms with Gasteiger partial charge in [0, 0.05) is 17.3 Å². The van der Waals surface area contributed by atoms with Gasteiger partial charge in [0.15, 0.2) is 11.6 Å². The van der Waals surface area contributed by atoms with Gasteiger partial charge in [0.1, 0.15) is 0 Å². The van der Waals surface area contributed by atoms with Gasteiger partial charge in [-0.15, -0.1) is 0 Å². The van der Waals surface area contributed by atoms with Crippen LogP contribution in [0.15, 0.2) is 47.3 Å². The molecule has 6 heteroatoms. The summed E-state index contributed by atoms with van der Waals surface area (Å²) in [6.07, 6.45) is 0. The molecule has 1 aromatic heterocycles. The Labute approximate surface area is 155 Å². The van der Waals surface area contributed by atoms with Crippen molar-refractivity contribution in [1.82, 2.24) is 9.88 Å². The van der Waals surface area contributed by atoms with Crippen LogP contribution in [0.4, 0.5) is 8.78 Å². The average molecular weight is 370 g/mol. The van der Waals surface area contributed by atoms with Crippen molar-refractivity contribution in [2.24, 2.45) is 0 Å². The van der Waals surface area contributed by atoms with Crippen LogP contribution in [0.1, 0.15) is 35.8 Å². The minimum atomic E-state index is -1.03. The van der Waals surface area contributed by atoms with E-state index in [0.29, 0.717) is 17.7 Å². The molecule has 1 N–H and O–H groups in total. The zero-order valence-electron chi connectivity index (χ0n) is 15.1. The third kappa shape index (κ3) is 3.05. The number of hydrogen-bond acceptors (Lipinski definition) is 3. The lowest BCUT2D eigenvalue weighted by Crippen LogP contribution is -2.35. The summed E-state index contributed by atoms with van der Waals surface area (Å²) in [5.41, 5.74) is 2.10. The van der Waals surface area contributed by atoms with E-state index in [1.165, 1.54) is 0 Å². The summed E-state index contributed by atoms with van der Waals surface area (Å²) >= 11 is 0. The van der Waals surface area contributed by atoms with E-state index in [1.807, 2.05) is 37.4 Å². The lowest BCUT2D eigenvalue weighted by atomic mass is 9.94. The number of benzene rings is 2. The van der Waals surface area contributed by atoms with Gasteiger partial charge < -0.3 is 9.72 Å². The highest BCUT2D eigenvalue weighted by Gasteiger charge is 2.31. The number of H-pyrrole nitrogens is 1. The number of fused-ring (bicyclic) bond motifs is 3. The predicted molar refractivity (Wildman–Crippen MR) is 99.5 cm³/mol. The molecule has 0 bridgehead atoms. The summed E-state index contributed by atoms with van der Waals surface area (Å²) in [5.74, 6) is -1.98. The Morgan fingerprint density at radius 2 is 1.81 bits per heavy atom. The number of pyridine rings is 1. The van der Waals surface area contributed by atoms with Gasteiger partial charge in [-0.1, -0.05) is 30.3 Å². The number of aromatic nitrogens is 1. The van der Waals surface area contributed by atoms with Gasteiger partial charge in [-0.05, 0) is 37.1 Å². The lowest BCUT2D eigenvalue weighted by molar-refractivity contribution is 0.0272. The number of hydrogen-bond donors (Lipinski definition) is 1. The molecule has 0 fully saturated rings. The van der Waals surface area contributed by atoms with Crippen molar-refractivity contribution < 1.29 is 13.5 Å². The monoisotopic (exact) mass is 370 g/mol. The molecule has 2 atom stereocenters. The molecule has 3 aromatic rings. The molecule has 0 saturated heterocycles. The summed E-state index contributed by atoms with van der Waals surface area (Å²) in [6.45, 7) is 2.72. The van der Waals surface area contributed by atoms with Crippen LogP contribution in [0.5, 0.6) is 0 Å². The van der Waals surface area contributed by atoms with Crippen LogP contribution in [0.3, 0.4) is 0 Å². The molecule has 2 aromatic carbocycles. The van der Waals surface area contributed by atoms with E-state index in [1.54, 1.807) is 0 Å². The van der Waals surface area contributed by atoms with Crippen LogP contribution < -0.4 is 5.56 Å². The van der Waals surface area contributed by atoms with Crippen LogP contribution in [0, 0.1) is 11.6 Å². The standard InChI is InChI=1S/C21H20F2N2O2/c1-12(13-6-4-3-5-7-13)25(2)19-11-27-10-18-20(19)14-8-16(22)17(23)9-15(14)21(26)24-18/h3-9,12,19H,10-11H2,1-2H3,(H,24,26)/t12-,19?/m1/s1. The van der Waals surface area contributed by atoms with Gasteiger partial charge in [-0.25, -0.2) is 8.78 Å². The Morgan fingerprint density at radius 3 is 2.52 bits per heavy atom. The summed E-state index contributed by atoms with van der Waals surface area (Å²) in [6, 6.07) is 12.0. The van der Waals surface area contributed by atoms with Crippen LogP contribution in [-0.2, 0) is 11.3 Å². The highest BCUT2D eigenvalue weighted by atomic mass is 19.2. The quantitative estimate of drug-likeness (QED) is 0.756. The largest absolute Gasteiger partial charge is 0.373 e. The summed E-state index contributed by atoms with van der Waals surface area (Å²) in [7, 11) is 1.97. The minimum absolute atomic E-state index is 0.0676. The predicted octanol–water partition coefficient (Wildman–Crippen LogP) is 4.07. The fraction of sp³-hybridized carbons (Fsp3) is 0.286. The SMILES string of the molecule is C[C@H](c1ccccc1)N(C)C1COCc2[nH]c(=O)c3cc(F)c(F)cc3c21. The van der Waals surface area contributed by atoms with Crippen molar-refractivity contribution in [3.8, 4) is 0 Å². The molecule has 0 saturated carbocycles. The molecule has 0 spiro atoms. The maximum Gasteiger partial charge on any atom is 0.256 e. The number of rotatable bonds is 3. The Morgan fingerprint density at radius 1 is 1.15 bits per heavy atom. The van der Waals surface area contributed by atoms with E-state index < -0.39 is 17.2 Å². The first-order valence-electron chi connectivity index (χ1n) is 8.85. The summed E-state index contributed by atoms with van der Waals surface area (Å²) in [4.78, 5) is 17.2. The fourth-order valence-electron chi connectivity index (χ4n) is 3.80. The average Bonchev–Trinajstić information content (AvgIpc) is 2.68. The first kappa shape index (κ1) is 17.8. The number of nitrogens with one attached hydrogen (secondary N) is 1. The fourth-order valence-corrected chi connectivity index (χ4v) is 3.80. The minimum Gasteiger partial charge on any atom is -0.373 e. The highest BCUT2D eigenvalue weighted by molar-refractivity contribution is 5.86. The van der Waals surface area contributed by atoms with Gasteiger partial charge in [0.25, 0.3) is 5.56 Å². The van der Waals surface area contributed by atoms with E-state index in [9.17, 15) is 13.6 Å². The second-order valence-corrected chi connectivity index (χ2v) is 6.94. The maximum atomic E-state index is 14.0. The molecule has 0 amide bonds. The molecule has 140 valence electrons. The number of nitrogens with zero attached hydrogens (tertiary/aromatic N) is 1. The normalized spacial score (nSPS) is 17.9. The van der Waals surface area contributed by atoms with Gasteiger partial charge in [-0.2, -0.15) is 0 Å². The van der Waals surface area contributed by atoms with Crippen molar-refractivity contribution in [2.45, 2.75) is 25.6 Å². The lowest BCUT2D eigenvalue weighted by Gasteiger charge is -2.37. The van der Waals surface area contributed by atoms with E-state index in [0.717, 1.165) is 23.3 Å². The molecule has 1 aliphatic heterocycles. The third-order valence-electron chi connectivity index (χ3n) is 5.42. The van der Waals surface area contributed by atoms with Crippen LogP contribution in [0.2, 0.25) is 0 Å². The second kappa shape index (κ2) is 6.87. The van der Waals surface area contributed by atoms with Crippen molar-refractivity contribution in [2.75, 3.05) is 13.7 Å². The summed E-state index contributed by atoms with van der Waals surface area (Å²) in [5, 5.41) is 0.591. The molecule has 1 aliphatic rings. The molecule has 2 heterocycles.